The fourth-order valence-electron chi connectivity index (χ4n) is 1.37. The first-order chi connectivity index (χ1) is 7.59. The van der Waals surface area contributed by atoms with Crippen LogP contribution < -0.4 is 0 Å². The van der Waals surface area contributed by atoms with Crippen molar-refractivity contribution in [3.05, 3.63) is 44.5 Å². The van der Waals surface area contributed by atoms with Crippen LogP contribution >= 0.6 is 15.9 Å². The van der Waals surface area contributed by atoms with Gasteiger partial charge in [0.05, 0.1) is 4.92 Å². The summed E-state index contributed by atoms with van der Waals surface area (Å²) in [5.74, 6) is 0.190. The molecule has 0 fully saturated rings. The van der Waals surface area contributed by atoms with E-state index in [9.17, 15) is 10.1 Å². The molecule has 2 aromatic rings. The number of hydrogen-bond donors (Lipinski definition) is 0. The largest absolute Gasteiger partial charge is 0.348 e. The van der Waals surface area contributed by atoms with Gasteiger partial charge in [-0.2, -0.15) is 0 Å². The Labute approximate surface area is 99.3 Å². The summed E-state index contributed by atoms with van der Waals surface area (Å²) in [5.41, 5.74) is 0.834. The molecule has 5 nitrogen and oxygen atoms in total. The third kappa shape index (κ3) is 1.83. The molecule has 1 heterocycles. The number of aromatic nitrogens is 1. The molecule has 0 N–H and O–H groups in total. The Morgan fingerprint density at radius 2 is 2.00 bits per heavy atom. The molecular weight excluding hydrogens is 276 g/mol. The predicted octanol–water partition coefficient (Wildman–Crippen LogP) is 3.32. The number of aryl methyl sites for hydroxylation is 1. The lowest BCUT2D eigenvalue weighted by Gasteiger charge is -1.95. The van der Waals surface area contributed by atoms with Crippen molar-refractivity contribution in [1.82, 2.24) is 5.16 Å². The van der Waals surface area contributed by atoms with Crippen LogP contribution in [0.5, 0.6) is 0 Å². The van der Waals surface area contributed by atoms with E-state index in [1.165, 1.54) is 0 Å². The summed E-state index contributed by atoms with van der Waals surface area (Å²) < 4.78 is 5.87. The van der Waals surface area contributed by atoms with Crippen LogP contribution in [0.4, 0.5) is 5.69 Å². The fourth-order valence-corrected chi connectivity index (χ4v) is 1.63. The van der Waals surface area contributed by atoms with Gasteiger partial charge in [0.15, 0.2) is 5.69 Å². The van der Waals surface area contributed by atoms with Crippen molar-refractivity contribution in [2.75, 3.05) is 0 Å². The summed E-state index contributed by atoms with van der Waals surface area (Å²) in [7, 11) is 0. The van der Waals surface area contributed by atoms with Gasteiger partial charge in [-0.1, -0.05) is 21.1 Å². The van der Waals surface area contributed by atoms with E-state index in [4.69, 9.17) is 4.52 Å². The molecule has 0 saturated carbocycles. The van der Waals surface area contributed by atoms with Gasteiger partial charge in [-0.25, -0.2) is 0 Å². The molecule has 6 heteroatoms. The normalized spacial score (nSPS) is 10.4. The first kappa shape index (κ1) is 10.8. The minimum absolute atomic E-state index is 0.0812. The van der Waals surface area contributed by atoms with Crippen LogP contribution in [-0.4, -0.2) is 10.1 Å². The second-order valence-corrected chi connectivity index (χ2v) is 4.13. The third-order valence-corrected chi connectivity index (χ3v) is 2.65. The zero-order valence-electron chi connectivity index (χ0n) is 8.31. The zero-order valence-corrected chi connectivity index (χ0v) is 9.89. The highest BCUT2D eigenvalue weighted by Gasteiger charge is 2.25. The average Bonchev–Trinajstić information content (AvgIpc) is 2.61. The Kier molecular flexibility index (Phi) is 2.74. The fraction of sp³-hybridized carbons (Fsp3) is 0.100. The average molecular weight is 283 g/mol. The first-order valence-electron chi connectivity index (χ1n) is 4.46. The number of hydrogen-bond acceptors (Lipinski definition) is 4. The second kappa shape index (κ2) is 4.05. The van der Waals surface area contributed by atoms with Crippen molar-refractivity contribution >= 4 is 21.6 Å². The molecule has 0 atom stereocenters. The standard InChI is InChI=1S/C10H7BrN2O3/c1-6-9(13(14)15)10(16-12-6)7-2-4-8(11)5-3-7/h2-5H,1H3. The Bertz CT molecular complexity index is 533. The van der Waals surface area contributed by atoms with E-state index < -0.39 is 4.92 Å². The highest BCUT2D eigenvalue weighted by Crippen LogP contribution is 2.32. The van der Waals surface area contributed by atoms with Crippen LogP contribution in [0.2, 0.25) is 0 Å². The SMILES string of the molecule is Cc1noc(-c2ccc(Br)cc2)c1[N+](=O)[O-]. The van der Waals surface area contributed by atoms with E-state index in [0.717, 1.165) is 4.47 Å². The maximum Gasteiger partial charge on any atom is 0.339 e. The molecule has 1 aromatic heterocycles. The lowest BCUT2D eigenvalue weighted by molar-refractivity contribution is -0.385. The van der Waals surface area contributed by atoms with Crippen molar-refractivity contribution < 1.29 is 9.45 Å². The molecule has 0 aliphatic heterocycles. The smallest absolute Gasteiger partial charge is 0.339 e. The van der Waals surface area contributed by atoms with Crippen LogP contribution in [0.3, 0.4) is 0 Å². The van der Waals surface area contributed by atoms with E-state index in [0.29, 0.717) is 5.56 Å². The number of benzene rings is 1. The van der Waals surface area contributed by atoms with E-state index in [-0.39, 0.29) is 17.1 Å². The van der Waals surface area contributed by atoms with Gasteiger partial charge in [-0.05, 0) is 31.2 Å². The Balaban J connectivity index is 2.56. The van der Waals surface area contributed by atoms with Crippen LogP contribution in [0.15, 0.2) is 33.3 Å². The Morgan fingerprint density at radius 1 is 1.38 bits per heavy atom. The molecule has 0 unspecified atom stereocenters. The predicted molar refractivity (Wildman–Crippen MR) is 61.0 cm³/mol. The summed E-state index contributed by atoms with van der Waals surface area (Å²) in [6.07, 6.45) is 0. The molecule has 1 aromatic carbocycles. The molecular formula is C10H7BrN2O3. The molecule has 16 heavy (non-hydrogen) atoms. The molecule has 0 bridgehead atoms. The number of nitrogens with zero attached hydrogens (tertiary/aromatic N) is 2. The number of nitro groups is 1. The van der Waals surface area contributed by atoms with Gasteiger partial charge >= 0.3 is 5.69 Å². The van der Waals surface area contributed by atoms with Gasteiger partial charge in [0.1, 0.15) is 0 Å². The van der Waals surface area contributed by atoms with Crippen LogP contribution in [0, 0.1) is 17.0 Å². The molecule has 82 valence electrons. The summed E-state index contributed by atoms with van der Waals surface area (Å²) in [5, 5.41) is 14.4. The van der Waals surface area contributed by atoms with Gasteiger partial charge < -0.3 is 4.52 Å². The maximum atomic E-state index is 10.8. The van der Waals surface area contributed by atoms with Gasteiger partial charge in [-0.15, -0.1) is 0 Å². The van der Waals surface area contributed by atoms with Crippen molar-refractivity contribution in [1.29, 1.82) is 0 Å². The Morgan fingerprint density at radius 3 is 2.56 bits per heavy atom. The number of rotatable bonds is 2. The summed E-state index contributed by atoms with van der Waals surface area (Å²) in [4.78, 5) is 10.4. The van der Waals surface area contributed by atoms with Gasteiger partial charge in [0, 0.05) is 10.0 Å². The van der Waals surface area contributed by atoms with E-state index in [2.05, 4.69) is 21.1 Å². The van der Waals surface area contributed by atoms with Crippen LogP contribution in [0.1, 0.15) is 5.69 Å². The van der Waals surface area contributed by atoms with E-state index in [1.807, 2.05) is 0 Å². The maximum absolute atomic E-state index is 10.8. The highest BCUT2D eigenvalue weighted by atomic mass is 79.9. The van der Waals surface area contributed by atoms with Crippen LogP contribution in [-0.2, 0) is 0 Å². The summed E-state index contributed by atoms with van der Waals surface area (Å²) >= 11 is 3.29. The molecule has 0 aliphatic rings. The monoisotopic (exact) mass is 282 g/mol. The van der Waals surface area contributed by atoms with Crippen LogP contribution in [0.25, 0.3) is 11.3 Å². The minimum atomic E-state index is -0.483. The third-order valence-electron chi connectivity index (χ3n) is 2.12. The van der Waals surface area contributed by atoms with Crippen molar-refractivity contribution in [2.45, 2.75) is 6.92 Å². The molecule has 2 rings (SSSR count). The van der Waals surface area contributed by atoms with Crippen molar-refractivity contribution in [3.8, 4) is 11.3 Å². The summed E-state index contributed by atoms with van der Waals surface area (Å²) in [6, 6.07) is 7.04. The quantitative estimate of drug-likeness (QED) is 0.626. The first-order valence-corrected chi connectivity index (χ1v) is 5.25. The lowest BCUT2D eigenvalue weighted by Crippen LogP contribution is -1.90. The van der Waals surface area contributed by atoms with Crippen molar-refractivity contribution in [2.24, 2.45) is 0 Å². The lowest BCUT2D eigenvalue weighted by atomic mass is 10.1. The zero-order chi connectivity index (χ0) is 11.7. The van der Waals surface area contributed by atoms with Gasteiger partial charge in [0.25, 0.3) is 0 Å². The molecule has 0 spiro atoms. The second-order valence-electron chi connectivity index (χ2n) is 3.21. The van der Waals surface area contributed by atoms with Gasteiger partial charge in [0.2, 0.25) is 5.76 Å². The highest BCUT2D eigenvalue weighted by molar-refractivity contribution is 9.10. The summed E-state index contributed by atoms with van der Waals surface area (Å²) in [6.45, 7) is 1.55. The molecule has 0 saturated heterocycles. The minimum Gasteiger partial charge on any atom is -0.348 e. The molecule has 0 radical (unpaired) electrons. The van der Waals surface area contributed by atoms with E-state index in [1.54, 1.807) is 31.2 Å². The van der Waals surface area contributed by atoms with Crippen molar-refractivity contribution in [3.63, 3.8) is 0 Å². The van der Waals surface area contributed by atoms with Gasteiger partial charge in [-0.3, -0.25) is 10.1 Å². The Hall–Kier alpha value is -1.69. The molecule has 0 amide bonds. The molecule has 0 aliphatic carbocycles. The topological polar surface area (TPSA) is 69.2 Å². The van der Waals surface area contributed by atoms with E-state index >= 15 is 0 Å². The number of halogens is 1.